The first-order valence-electron chi connectivity index (χ1n) is 5.44. The van der Waals surface area contributed by atoms with Crippen molar-refractivity contribution in [1.82, 2.24) is 0 Å². The smallest absolute Gasteiger partial charge is 0.386 e. The Bertz CT molecular complexity index is 376. The second-order valence-electron chi connectivity index (χ2n) is 3.32. The molecule has 0 aromatic rings. The Morgan fingerprint density at radius 1 is 1.45 bits per heavy atom. The molecule has 1 saturated heterocycles. The van der Waals surface area contributed by atoms with Gasteiger partial charge in [0.05, 0.1) is 12.9 Å². The van der Waals surface area contributed by atoms with Gasteiger partial charge in [0.25, 0.3) is 0 Å². The summed E-state index contributed by atoms with van der Waals surface area (Å²) < 4.78 is 29.5. The lowest BCUT2D eigenvalue weighted by atomic mass is 10.5. The van der Waals surface area contributed by atoms with Crippen LogP contribution in [0.2, 0.25) is 0 Å². The van der Waals surface area contributed by atoms with Crippen molar-refractivity contribution in [3.05, 3.63) is 25.5 Å². The van der Waals surface area contributed by atoms with Gasteiger partial charge in [-0.25, -0.2) is 9.59 Å². The van der Waals surface area contributed by atoms with Gasteiger partial charge < -0.3 is 18.9 Å². The van der Waals surface area contributed by atoms with E-state index in [2.05, 4.69) is 27.4 Å². The molecule has 2 atom stereocenters. The molecule has 1 aliphatic rings. The van der Waals surface area contributed by atoms with Crippen molar-refractivity contribution < 1.29 is 37.7 Å². The average molecular weight is 290 g/mol. The standard InChI is InChI=1S/C6H7FO4.C6H8O3/c1-3-10-6(9)5(7)11-4(2)8;1-2-6(7)9-4-5-3-8-5/h3,5H,1H2,2H3;2,5H,1,3-4H2. The van der Waals surface area contributed by atoms with Crippen molar-refractivity contribution in [2.24, 2.45) is 0 Å². The molecule has 0 amide bonds. The molecule has 0 bridgehead atoms. The predicted molar refractivity (Wildman–Crippen MR) is 63.8 cm³/mol. The molecule has 0 aromatic heterocycles. The number of esters is 3. The van der Waals surface area contributed by atoms with E-state index in [4.69, 9.17) is 4.74 Å². The minimum atomic E-state index is -2.37. The molecule has 0 radical (unpaired) electrons. The van der Waals surface area contributed by atoms with Crippen LogP contribution in [0.25, 0.3) is 0 Å². The van der Waals surface area contributed by atoms with Crippen molar-refractivity contribution >= 4 is 17.9 Å². The number of carbonyl (C=O) groups excluding carboxylic acids is 3. The maximum Gasteiger partial charge on any atom is 0.386 e. The highest BCUT2D eigenvalue weighted by Gasteiger charge is 2.23. The summed E-state index contributed by atoms with van der Waals surface area (Å²) in [5.41, 5.74) is 0. The summed E-state index contributed by atoms with van der Waals surface area (Å²) in [4.78, 5) is 30.7. The first-order chi connectivity index (χ1) is 9.40. The van der Waals surface area contributed by atoms with Crippen LogP contribution < -0.4 is 0 Å². The molecule has 8 heteroatoms. The summed E-state index contributed by atoms with van der Waals surface area (Å²) >= 11 is 0. The summed E-state index contributed by atoms with van der Waals surface area (Å²) in [7, 11) is 0. The van der Waals surface area contributed by atoms with Crippen molar-refractivity contribution in [3.8, 4) is 0 Å². The van der Waals surface area contributed by atoms with Crippen LogP contribution in [0, 0.1) is 0 Å². The first kappa shape index (κ1) is 17.8. The Balaban J connectivity index is 0.000000367. The highest BCUT2D eigenvalue weighted by Crippen LogP contribution is 2.08. The van der Waals surface area contributed by atoms with Crippen LogP contribution >= 0.6 is 0 Å². The Morgan fingerprint density at radius 3 is 2.45 bits per heavy atom. The molecular weight excluding hydrogens is 275 g/mol. The molecule has 0 N–H and O–H groups in total. The SMILES string of the molecule is C=CC(=O)OCC1CO1.C=COC(=O)C(F)OC(C)=O. The highest BCUT2D eigenvalue weighted by atomic mass is 19.1. The number of halogens is 1. The number of hydrogen-bond acceptors (Lipinski definition) is 7. The van der Waals surface area contributed by atoms with Gasteiger partial charge in [-0.2, -0.15) is 4.39 Å². The summed E-state index contributed by atoms with van der Waals surface area (Å²) in [6.07, 6.45) is -0.333. The molecule has 112 valence electrons. The molecule has 0 aromatic carbocycles. The molecule has 1 heterocycles. The summed E-state index contributed by atoms with van der Waals surface area (Å²) in [6.45, 7) is 8.31. The van der Waals surface area contributed by atoms with Gasteiger partial charge in [-0.05, 0) is 0 Å². The van der Waals surface area contributed by atoms with Crippen LogP contribution in [0.4, 0.5) is 4.39 Å². The topological polar surface area (TPSA) is 91.4 Å². The summed E-state index contributed by atoms with van der Waals surface area (Å²) in [5.74, 6) is -2.57. The fourth-order valence-corrected chi connectivity index (χ4v) is 0.728. The minimum Gasteiger partial charge on any atom is -0.460 e. The van der Waals surface area contributed by atoms with E-state index in [1.165, 1.54) is 0 Å². The van der Waals surface area contributed by atoms with E-state index in [1.54, 1.807) is 0 Å². The molecule has 0 spiro atoms. The molecule has 0 saturated carbocycles. The van der Waals surface area contributed by atoms with E-state index < -0.39 is 18.3 Å². The van der Waals surface area contributed by atoms with E-state index in [9.17, 15) is 18.8 Å². The van der Waals surface area contributed by atoms with Gasteiger partial charge >= 0.3 is 24.3 Å². The number of rotatable bonds is 6. The van der Waals surface area contributed by atoms with Crippen LogP contribution in [0.3, 0.4) is 0 Å². The fraction of sp³-hybridized carbons (Fsp3) is 0.417. The number of epoxide rings is 1. The zero-order chi connectivity index (χ0) is 15.5. The maximum absolute atomic E-state index is 12.3. The van der Waals surface area contributed by atoms with E-state index in [0.717, 1.165) is 19.3 Å². The number of hydrogen-bond donors (Lipinski definition) is 0. The maximum atomic E-state index is 12.3. The van der Waals surface area contributed by atoms with E-state index in [0.29, 0.717) is 13.2 Å². The van der Waals surface area contributed by atoms with Gasteiger partial charge in [0, 0.05) is 13.0 Å². The Labute approximate surface area is 114 Å². The molecule has 0 aliphatic carbocycles. The van der Waals surface area contributed by atoms with E-state index >= 15 is 0 Å². The lowest BCUT2D eigenvalue weighted by Gasteiger charge is -2.04. The third-order valence-corrected chi connectivity index (χ3v) is 1.63. The van der Waals surface area contributed by atoms with Gasteiger partial charge in [-0.1, -0.05) is 13.2 Å². The van der Waals surface area contributed by atoms with E-state index in [-0.39, 0.29) is 12.1 Å². The Morgan fingerprint density at radius 2 is 2.05 bits per heavy atom. The molecule has 2 unspecified atom stereocenters. The van der Waals surface area contributed by atoms with Crippen molar-refractivity contribution in [1.29, 1.82) is 0 Å². The van der Waals surface area contributed by atoms with Crippen LogP contribution in [0.15, 0.2) is 25.5 Å². The zero-order valence-electron chi connectivity index (χ0n) is 10.9. The van der Waals surface area contributed by atoms with Crippen LogP contribution in [0.1, 0.15) is 6.92 Å². The summed E-state index contributed by atoms with van der Waals surface area (Å²) in [6, 6.07) is 0. The van der Waals surface area contributed by atoms with Crippen molar-refractivity contribution in [2.45, 2.75) is 19.4 Å². The predicted octanol–water partition coefficient (Wildman–Crippen LogP) is 0.646. The second kappa shape index (κ2) is 9.68. The van der Waals surface area contributed by atoms with Crippen molar-refractivity contribution in [2.75, 3.05) is 13.2 Å². The van der Waals surface area contributed by atoms with Gasteiger partial charge in [-0.3, -0.25) is 4.79 Å². The number of ether oxygens (including phenoxy) is 4. The second-order valence-corrected chi connectivity index (χ2v) is 3.32. The van der Waals surface area contributed by atoms with Crippen LogP contribution in [-0.4, -0.2) is 43.6 Å². The normalized spacial score (nSPS) is 16.6. The van der Waals surface area contributed by atoms with Crippen LogP contribution in [0.5, 0.6) is 0 Å². The van der Waals surface area contributed by atoms with Gasteiger partial charge in [0.2, 0.25) is 0 Å². The van der Waals surface area contributed by atoms with Crippen LogP contribution in [-0.2, 0) is 33.3 Å². The third-order valence-electron chi connectivity index (χ3n) is 1.63. The van der Waals surface area contributed by atoms with Gasteiger partial charge in [0.1, 0.15) is 12.7 Å². The van der Waals surface area contributed by atoms with Gasteiger partial charge in [-0.15, -0.1) is 0 Å². The van der Waals surface area contributed by atoms with E-state index in [1.807, 2.05) is 0 Å². The fourth-order valence-electron chi connectivity index (χ4n) is 0.728. The average Bonchev–Trinajstić information content (AvgIpc) is 3.20. The molecular formula is C12H15FO7. The molecule has 20 heavy (non-hydrogen) atoms. The highest BCUT2D eigenvalue weighted by molar-refractivity contribution is 5.81. The quantitative estimate of drug-likeness (QED) is 0.233. The molecule has 7 nitrogen and oxygen atoms in total. The largest absolute Gasteiger partial charge is 0.460 e. The first-order valence-corrected chi connectivity index (χ1v) is 5.44. The minimum absolute atomic E-state index is 0.147. The Kier molecular flexibility index (Phi) is 8.60. The summed E-state index contributed by atoms with van der Waals surface area (Å²) in [5, 5.41) is 0. The zero-order valence-corrected chi connectivity index (χ0v) is 10.9. The Hall–Kier alpha value is -2.22. The lowest BCUT2D eigenvalue weighted by Crippen LogP contribution is -2.22. The molecule has 1 aliphatic heterocycles. The monoisotopic (exact) mass is 290 g/mol. The number of alkyl halides is 1. The van der Waals surface area contributed by atoms with Crippen molar-refractivity contribution in [3.63, 3.8) is 0 Å². The number of carbonyl (C=O) groups is 3. The lowest BCUT2D eigenvalue weighted by molar-refractivity contribution is -0.174. The third kappa shape index (κ3) is 9.77. The van der Waals surface area contributed by atoms with Gasteiger partial charge in [0.15, 0.2) is 0 Å². The molecule has 1 fully saturated rings. The molecule has 1 rings (SSSR count).